The number of fused-ring (bicyclic) bond motifs is 2. The van der Waals surface area contributed by atoms with Crippen LogP contribution in [0.4, 0.5) is 18.0 Å². The molecule has 4 amide bonds. The molecule has 0 aromatic heterocycles. The molecular formula is C10H13F3N4O7S. The molecule has 0 saturated carbocycles. The molecule has 142 valence electrons. The van der Waals surface area contributed by atoms with Gasteiger partial charge in [-0.25, -0.2) is 4.79 Å². The molecule has 3 N–H and O–H groups in total. The lowest BCUT2D eigenvalue weighted by molar-refractivity contribution is -0.155. The molecular weight excluding hydrogens is 377 g/mol. The molecule has 0 aromatic rings. The Balaban J connectivity index is 1.95. The van der Waals surface area contributed by atoms with Crippen LogP contribution in [0.25, 0.3) is 0 Å². The topological polar surface area (TPSA) is 145 Å². The van der Waals surface area contributed by atoms with Crippen molar-refractivity contribution in [3.8, 4) is 0 Å². The molecule has 11 nitrogen and oxygen atoms in total. The first kappa shape index (κ1) is 19.2. The van der Waals surface area contributed by atoms with Gasteiger partial charge in [0, 0.05) is 6.54 Å². The van der Waals surface area contributed by atoms with Crippen molar-refractivity contribution in [2.24, 2.45) is 0 Å². The predicted octanol–water partition coefficient (Wildman–Crippen LogP) is -0.911. The maximum absolute atomic E-state index is 12.0. The highest BCUT2D eigenvalue weighted by atomic mass is 32.3. The van der Waals surface area contributed by atoms with E-state index in [0.29, 0.717) is 5.06 Å². The zero-order valence-corrected chi connectivity index (χ0v) is 13.1. The van der Waals surface area contributed by atoms with Crippen LogP contribution in [0, 0.1) is 0 Å². The molecule has 0 aliphatic carbocycles. The van der Waals surface area contributed by atoms with Crippen molar-refractivity contribution < 1.29 is 44.8 Å². The van der Waals surface area contributed by atoms with E-state index in [0.717, 1.165) is 4.90 Å². The minimum Gasteiger partial charge on any atom is -0.309 e. The number of urea groups is 1. The van der Waals surface area contributed by atoms with Crippen molar-refractivity contribution in [1.29, 1.82) is 0 Å². The van der Waals surface area contributed by atoms with Crippen molar-refractivity contribution in [2.45, 2.75) is 37.5 Å². The summed E-state index contributed by atoms with van der Waals surface area (Å²) < 4.78 is 70.3. The van der Waals surface area contributed by atoms with Crippen LogP contribution in [-0.4, -0.2) is 65.6 Å². The van der Waals surface area contributed by atoms with Gasteiger partial charge in [0.25, 0.3) is 5.91 Å². The summed E-state index contributed by atoms with van der Waals surface area (Å²) in [6.07, 6.45) is -6.36. The Labute approximate surface area is 138 Å². The second-order valence-electron chi connectivity index (χ2n) is 5.34. The molecule has 25 heavy (non-hydrogen) atoms. The number of carbonyl (C=O) groups excluding carboxylic acids is 3. The van der Waals surface area contributed by atoms with Gasteiger partial charge in [-0.15, -0.1) is 4.28 Å². The Kier molecular flexibility index (Phi) is 5.10. The second-order valence-corrected chi connectivity index (χ2v) is 6.34. The van der Waals surface area contributed by atoms with Crippen LogP contribution in [0.5, 0.6) is 0 Å². The van der Waals surface area contributed by atoms with Crippen molar-refractivity contribution >= 4 is 28.2 Å². The highest BCUT2D eigenvalue weighted by molar-refractivity contribution is 7.80. The van der Waals surface area contributed by atoms with E-state index in [1.54, 1.807) is 10.9 Å². The summed E-state index contributed by atoms with van der Waals surface area (Å²) in [5, 5.41) is 0.408. The van der Waals surface area contributed by atoms with Gasteiger partial charge < -0.3 is 4.90 Å². The second kappa shape index (κ2) is 6.64. The van der Waals surface area contributed by atoms with Crippen LogP contribution in [0.15, 0.2) is 0 Å². The van der Waals surface area contributed by atoms with Crippen molar-refractivity contribution in [2.75, 3.05) is 6.54 Å². The van der Waals surface area contributed by atoms with Crippen LogP contribution in [0.1, 0.15) is 19.3 Å². The van der Waals surface area contributed by atoms with E-state index in [1.165, 1.54) is 0 Å². The summed E-state index contributed by atoms with van der Waals surface area (Å²) in [7, 11) is -4.94. The molecule has 2 heterocycles. The number of nitrogens with zero attached hydrogens (tertiary/aromatic N) is 2. The van der Waals surface area contributed by atoms with Crippen LogP contribution < -0.4 is 10.9 Å². The maximum Gasteiger partial charge on any atom is 0.418 e. The smallest absolute Gasteiger partial charge is 0.309 e. The number of hydrogen-bond acceptors (Lipinski definition) is 6. The lowest BCUT2D eigenvalue weighted by Gasteiger charge is -2.29. The van der Waals surface area contributed by atoms with E-state index in [4.69, 9.17) is 4.55 Å². The number of halogens is 3. The number of rotatable bonds is 4. The van der Waals surface area contributed by atoms with E-state index in [-0.39, 0.29) is 19.4 Å². The molecule has 15 heteroatoms. The lowest BCUT2D eigenvalue weighted by Crippen LogP contribution is -2.54. The monoisotopic (exact) mass is 390 g/mol. The summed E-state index contributed by atoms with van der Waals surface area (Å²) in [6.45, 7) is -0.0943. The highest BCUT2D eigenvalue weighted by Gasteiger charge is 2.49. The third kappa shape index (κ3) is 4.93. The zero-order chi connectivity index (χ0) is 19.0. The van der Waals surface area contributed by atoms with Gasteiger partial charge in [-0.1, -0.05) is 0 Å². The van der Waals surface area contributed by atoms with Crippen LogP contribution >= 0.6 is 0 Å². The first-order chi connectivity index (χ1) is 11.4. The molecule has 2 bridgehead atoms. The Bertz CT molecular complexity index is 682. The van der Waals surface area contributed by atoms with Gasteiger partial charge in [-0.05, 0) is 12.8 Å². The fourth-order valence-corrected chi connectivity index (χ4v) is 2.93. The van der Waals surface area contributed by atoms with Gasteiger partial charge in [0.05, 0.1) is 6.04 Å². The number of alkyl halides is 3. The molecule has 1 unspecified atom stereocenters. The lowest BCUT2D eigenvalue weighted by atomic mass is 10.0. The Morgan fingerprint density at radius 2 is 1.92 bits per heavy atom. The van der Waals surface area contributed by atoms with Gasteiger partial charge in [-0.2, -0.15) is 26.7 Å². The van der Waals surface area contributed by atoms with Crippen LogP contribution in [-0.2, 0) is 24.3 Å². The molecule has 2 aliphatic rings. The summed E-state index contributed by atoms with van der Waals surface area (Å²) in [5.41, 5.74) is 3.36. The summed E-state index contributed by atoms with van der Waals surface area (Å²) >= 11 is 0. The van der Waals surface area contributed by atoms with Gasteiger partial charge in [0.15, 0.2) is 0 Å². The van der Waals surface area contributed by atoms with Crippen molar-refractivity contribution in [3.05, 3.63) is 0 Å². The number of hydrogen-bond donors (Lipinski definition) is 3. The summed E-state index contributed by atoms with van der Waals surface area (Å²) in [6, 6.07) is -2.88. The van der Waals surface area contributed by atoms with Gasteiger partial charge >= 0.3 is 22.6 Å². The number of nitrogens with one attached hydrogen (secondary N) is 2. The minimum absolute atomic E-state index is 0.0444. The molecule has 2 rings (SSSR count). The number of amides is 4. The normalized spacial score (nSPS) is 23.6. The molecule has 0 aromatic carbocycles. The van der Waals surface area contributed by atoms with Crippen LogP contribution in [0.2, 0.25) is 0 Å². The first-order valence-electron chi connectivity index (χ1n) is 6.79. The fourth-order valence-electron chi connectivity index (χ4n) is 2.54. The number of hydrazine groups is 1. The zero-order valence-electron chi connectivity index (χ0n) is 12.3. The molecule has 2 fully saturated rings. The number of hydroxylamine groups is 2. The van der Waals surface area contributed by atoms with E-state index >= 15 is 0 Å². The Morgan fingerprint density at radius 1 is 1.28 bits per heavy atom. The number of carbonyl (C=O) groups is 3. The Morgan fingerprint density at radius 3 is 2.48 bits per heavy atom. The predicted molar refractivity (Wildman–Crippen MR) is 70.3 cm³/mol. The quantitative estimate of drug-likeness (QED) is 0.416. The Hall–Kier alpha value is -2.13. The average molecular weight is 390 g/mol. The van der Waals surface area contributed by atoms with Gasteiger partial charge in [0.1, 0.15) is 12.5 Å². The largest absolute Gasteiger partial charge is 0.418 e. The maximum atomic E-state index is 12.0. The molecule has 2 saturated heterocycles. The molecule has 0 radical (unpaired) electrons. The molecule has 2 atom stereocenters. The minimum atomic E-state index is -4.94. The van der Waals surface area contributed by atoms with Crippen molar-refractivity contribution in [3.63, 3.8) is 0 Å². The van der Waals surface area contributed by atoms with Crippen molar-refractivity contribution in [1.82, 2.24) is 20.8 Å². The molecule has 2 aliphatic heterocycles. The van der Waals surface area contributed by atoms with Gasteiger partial charge in [-0.3, -0.25) is 25.0 Å². The third-order valence-electron chi connectivity index (χ3n) is 3.49. The van der Waals surface area contributed by atoms with Gasteiger partial charge in [0.2, 0.25) is 5.91 Å². The van der Waals surface area contributed by atoms with E-state index in [1.807, 2.05) is 0 Å². The van der Waals surface area contributed by atoms with E-state index in [9.17, 15) is 36.0 Å². The fraction of sp³-hybridized carbons (Fsp3) is 0.700. The molecule has 0 spiro atoms. The van der Waals surface area contributed by atoms with E-state index in [2.05, 4.69) is 4.28 Å². The summed E-state index contributed by atoms with van der Waals surface area (Å²) in [4.78, 5) is 36.0. The number of piperidine rings is 1. The first-order valence-corrected chi connectivity index (χ1v) is 8.16. The highest BCUT2D eigenvalue weighted by Crippen LogP contribution is 2.30. The summed E-state index contributed by atoms with van der Waals surface area (Å²) in [5.74, 6) is -2.44. The van der Waals surface area contributed by atoms with Crippen LogP contribution in [0.3, 0.4) is 0 Å². The standard InChI is InChI=1S/C10H13F3N4O7S/c11-10(12,13)3-7(18)14-15-8(19)6-2-1-5-4-16(6)9(20)17(5)24-25(21,22)23/h5-6H,1-4H2,(H,14,18)(H,15,19)(H,21,22,23)/t5?,6-/m0/s1. The van der Waals surface area contributed by atoms with E-state index < -0.39 is 52.9 Å². The third-order valence-corrected chi connectivity index (χ3v) is 3.84. The average Bonchev–Trinajstić information content (AvgIpc) is 2.67. The SMILES string of the molecule is O=C(CC(F)(F)F)NNC(=O)[C@@H]1CCC2CN1C(=O)N2OS(=O)(=O)O.